The molecule has 2 aromatic carbocycles. The highest BCUT2D eigenvalue weighted by molar-refractivity contribution is 5.85. The molecule has 0 bridgehead atoms. The van der Waals surface area contributed by atoms with Gasteiger partial charge in [0.25, 0.3) is 0 Å². The topological polar surface area (TPSA) is 113 Å². The number of nitrogens with two attached hydrogens (primary N) is 1. The van der Waals surface area contributed by atoms with Crippen molar-refractivity contribution in [1.82, 2.24) is 4.98 Å². The number of halogens is 1. The molecule has 7 heteroatoms. The summed E-state index contributed by atoms with van der Waals surface area (Å²) in [5.41, 5.74) is 9.21. The van der Waals surface area contributed by atoms with Crippen LogP contribution in [0.15, 0.2) is 59.2 Å². The second kappa shape index (κ2) is 10.0. The third kappa shape index (κ3) is 5.44. The number of rotatable bonds is 8. The van der Waals surface area contributed by atoms with E-state index in [1.807, 2.05) is 55.5 Å². The zero-order valence-electron chi connectivity index (χ0n) is 16.3. The van der Waals surface area contributed by atoms with Crippen molar-refractivity contribution in [2.45, 2.75) is 31.4 Å². The normalized spacial score (nSPS) is 12.4. The Morgan fingerprint density at radius 3 is 1.97 bits per heavy atom. The summed E-state index contributed by atoms with van der Waals surface area (Å²) >= 11 is 0. The second-order valence-corrected chi connectivity index (χ2v) is 7.08. The molecule has 0 radical (unpaired) electrons. The molecule has 0 aliphatic rings. The van der Waals surface area contributed by atoms with E-state index in [9.17, 15) is 15.3 Å². The zero-order valence-corrected chi connectivity index (χ0v) is 17.1. The molecule has 156 valence electrons. The number of oxazole rings is 1. The molecule has 1 atom stereocenters. The first-order valence-electron chi connectivity index (χ1n) is 9.32. The highest BCUT2D eigenvalue weighted by Gasteiger charge is 2.27. The van der Waals surface area contributed by atoms with Crippen molar-refractivity contribution < 1.29 is 19.7 Å². The van der Waals surface area contributed by atoms with E-state index < -0.39 is 24.9 Å². The van der Waals surface area contributed by atoms with Gasteiger partial charge in [-0.1, -0.05) is 55.5 Å². The fourth-order valence-corrected chi connectivity index (χ4v) is 3.02. The van der Waals surface area contributed by atoms with Crippen LogP contribution in [0.25, 0.3) is 22.4 Å². The molecule has 6 nitrogen and oxygen atoms in total. The molecule has 3 aromatic rings. The lowest BCUT2D eigenvalue weighted by Crippen LogP contribution is -2.48. The van der Waals surface area contributed by atoms with Gasteiger partial charge in [0, 0.05) is 12.0 Å². The Hall–Kier alpha value is -2.22. The van der Waals surface area contributed by atoms with Crippen molar-refractivity contribution in [3.63, 3.8) is 0 Å². The molecule has 5 N–H and O–H groups in total. The average Bonchev–Trinajstić information content (AvgIpc) is 3.23. The molecule has 1 heterocycles. The van der Waals surface area contributed by atoms with Gasteiger partial charge in [-0.3, -0.25) is 0 Å². The molecule has 29 heavy (non-hydrogen) atoms. The molecule has 1 unspecified atom stereocenters. The summed E-state index contributed by atoms with van der Waals surface area (Å²) in [5, 5.41) is 28.9. The Morgan fingerprint density at radius 2 is 1.48 bits per heavy atom. The Labute approximate surface area is 176 Å². The van der Waals surface area contributed by atoms with Gasteiger partial charge in [0.15, 0.2) is 5.89 Å². The number of aliphatic hydroxyl groups is 3. The van der Waals surface area contributed by atoms with Crippen molar-refractivity contribution in [3.05, 3.63) is 66.2 Å². The monoisotopic (exact) mass is 418 g/mol. The van der Waals surface area contributed by atoms with Crippen LogP contribution in [-0.4, -0.2) is 39.1 Å². The van der Waals surface area contributed by atoms with Crippen LogP contribution in [0.5, 0.6) is 0 Å². The van der Waals surface area contributed by atoms with Crippen molar-refractivity contribution >= 4 is 12.4 Å². The van der Waals surface area contributed by atoms with Crippen LogP contribution >= 0.6 is 12.4 Å². The standard InChI is InChI=1S/C22H26N2O4.ClH/c1-2-21-24-19(12-28-21)17-7-3-15(4-8-17)16-5-9-18(10-6-16)20(27)11-22(23,13-25)14-26;/h3-10,12,20,25-27H,2,11,13-14,23H2,1H3;1H. The molecule has 0 fully saturated rings. The summed E-state index contributed by atoms with van der Waals surface area (Å²) in [6, 6.07) is 15.5. The third-order valence-electron chi connectivity index (χ3n) is 4.89. The van der Waals surface area contributed by atoms with Gasteiger partial charge < -0.3 is 25.5 Å². The number of hydrogen-bond acceptors (Lipinski definition) is 6. The van der Waals surface area contributed by atoms with E-state index in [0.717, 1.165) is 34.7 Å². The van der Waals surface area contributed by atoms with Gasteiger partial charge >= 0.3 is 0 Å². The molecule has 0 saturated heterocycles. The molecule has 3 rings (SSSR count). The third-order valence-corrected chi connectivity index (χ3v) is 4.89. The number of aryl methyl sites for hydroxylation is 1. The van der Waals surface area contributed by atoms with Gasteiger partial charge in [-0.25, -0.2) is 4.98 Å². The largest absolute Gasteiger partial charge is 0.448 e. The van der Waals surface area contributed by atoms with Crippen molar-refractivity contribution in [2.75, 3.05) is 13.2 Å². The van der Waals surface area contributed by atoms with E-state index in [2.05, 4.69) is 4.98 Å². The molecule has 0 amide bonds. The van der Waals surface area contributed by atoms with E-state index in [4.69, 9.17) is 10.2 Å². The quantitative estimate of drug-likeness (QED) is 0.447. The molecular weight excluding hydrogens is 392 g/mol. The second-order valence-electron chi connectivity index (χ2n) is 7.08. The fraction of sp³-hybridized carbons (Fsp3) is 0.318. The van der Waals surface area contributed by atoms with E-state index in [-0.39, 0.29) is 18.8 Å². The summed E-state index contributed by atoms with van der Waals surface area (Å²) < 4.78 is 5.39. The van der Waals surface area contributed by atoms with E-state index >= 15 is 0 Å². The molecule has 0 spiro atoms. The van der Waals surface area contributed by atoms with Gasteiger partial charge in [0.1, 0.15) is 12.0 Å². The van der Waals surface area contributed by atoms with Crippen LogP contribution in [0.2, 0.25) is 0 Å². The van der Waals surface area contributed by atoms with Crippen molar-refractivity contribution in [3.8, 4) is 22.4 Å². The lowest BCUT2D eigenvalue weighted by molar-refractivity contribution is 0.0618. The van der Waals surface area contributed by atoms with Crippen molar-refractivity contribution in [1.29, 1.82) is 0 Å². The van der Waals surface area contributed by atoms with Crippen molar-refractivity contribution in [2.24, 2.45) is 5.73 Å². The Balaban J connectivity index is 0.00000300. The first-order chi connectivity index (χ1) is 13.5. The van der Waals surface area contributed by atoms with Gasteiger partial charge in [-0.15, -0.1) is 12.4 Å². The number of aromatic nitrogens is 1. The Kier molecular flexibility index (Phi) is 7.96. The smallest absolute Gasteiger partial charge is 0.194 e. The maximum absolute atomic E-state index is 10.3. The highest BCUT2D eigenvalue weighted by atomic mass is 35.5. The summed E-state index contributed by atoms with van der Waals surface area (Å²) in [4.78, 5) is 4.44. The maximum Gasteiger partial charge on any atom is 0.194 e. The SMILES string of the molecule is CCc1nc(-c2ccc(-c3ccc(C(O)CC(N)(CO)CO)cc3)cc2)co1.Cl. The van der Waals surface area contributed by atoms with Crippen LogP contribution < -0.4 is 5.73 Å². The summed E-state index contributed by atoms with van der Waals surface area (Å²) in [6.45, 7) is 1.22. The fourth-order valence-electron chi connectivity index (χ4n) is 3.02. The minimum atomic E-state index is -1.20. The molecule has 0 saturated carbocycles. The van der Waals surface area contributed by atoms with Crippen LogP contribution in [0.4, 0.5) is 0 Å². The number of benzene rings is 2. The van der Waals surface area contributed by atoms with Crippen LogP contribution in [-0.2, 0) is 6.42 Å². The van der Waals surface area contributed by atoms with Crippen LogP contribution in [0.1, 0.15) is 30.9 Å². The number of aliphatic hydroxyl groups excluding tert-OH is 3. The summed E-state index contributed by atoms with van der Waals surface area (Å²) in [5.74, 6) is 0.720. The predicted octanol–water partition coefficient (Wildman–Crippen LogP) is 3.10. The Bertz CT molecular complexity index is 890. The lowest BCUT2D eigenvalue weighted by atomic mass is 9.91. The minimum Gasteiger partial charge on any atom is -0.448 e. The summed E-state index contributed by atoms with van der Waals surface area (Å²) in [6.07, 6.45) is 1.64. The number of nitrogens with zero attached hydrogens (tertiary/aromatic N) is 1. The zero-order chi connectivity index (χ0) is 20.1. The Morgan fingerprint density at radius 1 is 0.966 bits per heavy atom. The molecule has 0 aliphatic heterocycles. The highest BCUT2D eigenvalue weighted by Crippen LogP contribution is 2.28. The number of hydrogen-bond donors (Lipinski definition) is 4. The first-order valence-corrected chi connectivity index (χ1v) is 9.32. The summed E-state index contributed by atoms with van der Waals surface area (Å²) in [7, 11) is 0. The molecule has 0 aliphatic carbocycles. The lowest BCUT2D eigenvalue weighted by Gasteiger charge is -2.27. The van der Waals surface area contributed by atoms with E-state index in [1.165, 1.54) is 0 Å². The van der Waals surface area contributed by atoms with Crippen LogP contribution in [0, 0.1) is 0 Å². The van der Waals surface area contributed by atoms with Gasteiger partial charge in [0.2, 0.25) is 0 Å². The van der Waals surface area contributed by atoms with Gasteiger partial charge in [-0.2, -0.15) is 0 Å². The van der Waals surface area contributed by atoms with E-state index in [0.29, 0.717) is 5.56 Å². The van der Waals surface area contributed by atoms with E-state index in [1.54, 1.807) is 6.26 Å². The maximum atomic E-state index is 10.3. The van der Waals surface area contributed by atoms with Crippen LogP contribution in [0.3, 0.4) is 0 Å². The molecular formula is C22H27ClN2O4. The minimum absolute atomic E-state index is 0. The first kappa shape index (κ1) is 23.1. The average molecular weight is 419 g/mol. The van der Waals surface area contributed by atoms with Gasteiger partial charge in [-0.05, 0) is 23.1 Å². The predicted molar refractivity (Wildman–Crippen MR) is 115 cm³/mol. The van der Waals surface area contributed by atoms with Gasteiger partial charge in [0.05, 0.1) is 24.9 Å². The molecule has 1 aromatic heterocycles.